The van der Waals surface area contributed by atoms with Crippen molar-refractivity contribution in [3.05, 3.63) is 24.3 Å². The summed E-state index contributed by atoms with van der Waals surface area (Å²) in [4.78, 5) is 19.8. The molecule has 0 atom stereocenters. The molecule has 8 nitrogen and oxygen atoms in total. The summed E-state index contributed by atoms with van der Waals surface area (Å²) >= 11 is 0. The van der Waals surface area contributed by atoms with E-state index in [1.807, 2.05) is 43.1 Å². The Bertz CT molecular complexity index is 590. The van der Waals surface area contributed by atoms with Crippen LogP contribution in [0.3, 0.4) is 0 Å². The van der Waals surface area contributed by atoms with Gasteiger partial charge in [0.25, 0.3) is 0 Å². The number of carbonyl (C=O) groups is 1. The lowest BCUT2D eigenvalue weighted by molar-refractivity contribution is -0.127. The van der Waals surface area contributed by atoms with Crippen LogP contribution in [0.4, 0.5) is 0 Å². The van der Waals surface area contributed by atoms with E-state index in [-0.39, 0.29) is 12.5 Å². The Labute approximate surface area is 168 Å². The Morgan fingerprint density at radius 1 is 1.11 bits per heavy atom. The number of rotatable bonds is 12. The van der Waals surface area contributed by atoms with E-state index in [4.69, 9.17) is 14.2 Å². The largest absolute Gasteiger partial charge is 0.497 e. The van der Waals surface area contributed by atoms with Gasteiger partial charge in [0.15, 0.2) is 5.96 Å². The molecule has 158 valence electrons. The van der Waals surface area contributed by atoms with Crippen molar-refractivity contribution in [2.75, 3.05) is 67.7 Å². The van der Waals surface area contributed by atoms with Gasteiger partial charge in [-0.25, -0.2) is 4.99 Å². The number of aliphatic imine (C=N–C) groups is 1. The average Bonchev–Trinajstić information content (AvgIpc) is 2.70. The minimum absolute atomic E-state index is 0.0449. The molecule has 0 bridgehead atoms. The van der Waals surface area contributed by atoms with Crippen LogP contribution < -0.4 is 14.8 Å². The molecule has 0 aliphatic heterocycles. The van der Waals surface area contributed by atoms with Gasteiger partial charge in [-0.05, 0) is 37.6 Å². The van der Waals surface area contributed by atoms with Gasteiger partial charge < -0.3 is 29.3 Å². The van der Waals surface area contributed by atoms with Gasteiger partial charge in [0.1, 0.15) is 24.7 Å². The molecule has 0 aliphatic carbocycles. The summed E-state index contributed by atoms with van der Waals surface area (Å²) in [5.74, 6) is 2.20. The summed E-state index contributed by atoms with van der Waals surface area (Å²) in [6, 6.07) is 7.46. The third-order valence-electron chi connectivity index (χ3n) is 3.93. The summed E-state index contributed by atoms with van der Waals surface area (Å²) in [7, 11) is 7.00. The maximum atomic E-state index is 11.9. The lowest BCUT2D eigenvalue weighted by Crippen LogP contribution is -2.42. The molecule has 1 rings (SSSR count). The van der Waals surface area contributed by atoms with Crippen molar-refractivity contribution < 1.29 is 19.0 Å². The van der Waals surface area contributed by atoms with Crippen molar-refractivity contribution in [1.29, 1.82) is 0 Å². The van der Waals surface area contributed by atoms with Gasteiger partial charge in [-0.1, -0.05) is 0 Å². The zero-order valence-corrected chi connectivity index (χ0v) is 17.7. The molecule has 0 unspecified atom stereocenters. The lowest BCUT2D eigenvalue weighted by Gasteiger charge is -2.23. The highest BCUT2D eigenvalue weighted by Gasteiger charge is 2.09. The third-order valence-corrected chi connectivity index (χ3v) is 3.93. The predicted molar refractivity (Wildman–Crippen MR) is 111 cm³/mol. The summed E-state index contributed by atoms with van der Waals surface area (Å²) in [6.07, 6.45) is 0.866. The van der Waals surface area contributed by atoms with Crippen LogP contribution in [0.5, 0.6) is 11.5 Å². The number of amides is 1. The van der Waals surface area contributed by atoms with Crippen molar-refractivity contribution in [3.63, 3.8) is 0 Å². The second-order valence-electron chi connectivity index (χ2n) is 6.35. The maximum Gasteiger partial charge on any atom is 0.243 e. The number of likely N-dealkylation sites (N-methyl/N-ethyl adjacent to an activating group) is 2. The molecule has 1 amide bonds. The van der Waals surface area contributed by atoms with Crippen LogP contribution in [0.25, 0.3) is 0 Å². The monoisotopic (exact) mass is 394 g/mol. The molecule has 0 radical (unpaired) electrons. The molecule has 28 heavy (non-hydrogen) atoms. The number of ether oxygens (including phenoxy) is 3. The van der Waals surface area contributed by atoms with Crippen LogP contribution in [-0.2, 0) is 9.53 Å². The number of guanidine groups is 1. The highest BCUT2D eigenvalue weighted by Crippen LogP contribution is 2.16. The SMILES string of the molecule is CCOCCCNC(=NCC(=O)N(C)C)N(C)CCOc1ccc(OC)cc1. The molecule has 0 fully saturated rings. The summed E-state index contributed by atoms with van der Waals surface area (Å²) < 4.78 is 16.3. The normalized spacial score (nSPS) is 11.1. The molecule has 1 aromatic carbocycles. The Morgan fingerprint density at radius 2 is 1.79 bits per heavy atom. The van der Waals surface area contributed by atoms with Crippen LogP contribution >= 0.6 is 0 Å². The van der Waals surface area contributed by atoms with Gasteiger partial charge >= 0.3 is 0 Å². The Hall–Kier alpha value is -2.48. The molecule has 0 saturated carbocycles. The van der Waals surface area contributed by atoms with Crippen LogP contribution in [0, 0.1) is 0 Å². The molecule has 0 aromatic heterocycles. The number of carbonyl (C=O) groups excluding carboxylic acids is 1. The minimum Gasteiger partial charge on any atom is -0.497 e. The maximum absolute atomic E-state index is 11.9. The van der Waals surface area contributed by atoms with E-state index in [9.17, 15) is 4.79 Å². The van der Waals surface area contributed by atoms with E-state index < -0.39 is 0 Å². The number of methoxy groups -OCH3 is 1. The van der Waals surface area contributed by atoms with Crippen LogP contribution in [0.15, 0.2) is 29.3 Å². The molecule has 0 saturated heterocycles. The molecular weight excluding hydrogens is 360 g/mol. The van der Waals surface area contributed by atoms with Crippen LogP contribution in [0.1, 0.15) is 13.3 Å². The van der Waals surface area contributed by atoms with Gasteiger partial charge in [-0.15, -0.1) is 0 Å². The second kappa shape index (κ2) is 13.7. The van der Waals surface area contributed by atoms with Gasteiger partial charge in [0.05, 0.1) is 13.7 Å². The van der Waals surface area contributed by atoms with E-state index in [0.717, 1.165) is 24.5 Å². The van der Waals surface area contributed by atoms with Crippen molar-refractivity contribution in [2.24, 2.45) is 4.99 Å². The smallest absolute Gasteiger partial charge is 0.243 e. The average molecular weight is 395 g/mol. The van der Waals surface area contributed by atoms with E-state index in [0.29, 0.717) is 32.3 Å². The number of nitrogens with one attached hydrogen (secondary N) is 1. The van der Waals surface area contributed by atoms with E-state index in [2.05, 4.69) is 10.3 Å². The highest BCUT2D eigenvalue weighted by atomic mass is 16.5. The van der Waals surface area contributed by atoms with Crippen molar-refractivity contribution >= 4 is 11.9 Å². The third kappa shape index (κ3) is 9.45. The number of hydrogen-bond acceptors (Lipinski definition) is 5. The zero-order valence-electron chi connectivity index (χ0n) is 17.7. The number of hydrogen-bond donors (Lipinski definition) is 1. The summed E-state index contributed by atoms with van der Waals surface area (Å²) in [5, 5.41) is 3.29. The standard InChI is InChI=1S/C20H34N4O4/c1-6-27-14-7-12-21-20(22-16-19(25)23(2)3)24(4)13-15-28-18-10-8-17(26-5)9-11-18/h8-11H,6-7,12-16H2,1-5H3,(H,21,22). The Morgan fingerprint density at radius 3 is 2.39 bits per heavy atom. The molecular formula is C20H34N4O4. The molecule has 0 aliphatic rings. The second-order valence-corrected chi connectivity index (χ2v) is 6.35. The fourth-order valence-electron chi connectivity index (χ4n) is 2.19. The first-order valence-electron chi connectivity index (χ1n) is 9.52. The van der Waals surface area contributed by atoms with Crippen LogP contribution in [-0.4, -0.2) is 89.4 Å². The van der Waals surface area contributed by atoms with Crippen molar-refractivity contribution in [1.82, 2.24) is 15.1 Å². The van der Waals surface area contributed by atoms with E-state index in [1.165, 1.54) is 4.90 Å². The fraction of sp³-hybridized carbons (Fsp3) is 0.600. The van der Waals surface area contributed by atoms with Gasteiger partial charge in [0.2, 0.25) is 5.91 Å². The Kier molecular flexibility index (Phi) is 11.5. The van der Waals surface area contributed by atoms with Gasteiger partial charge in [-0.3, -0.25) is 4.79 Å². The first-order valence-corrected chi connectivity index (χ1v) is 9.52. The number of nitrogens with zero attached hydrogens (tertiary/aromatic N) is 3. The molecule has 0 heterocycles. The molecule has 8 heteroatoms. The first kappa shape index (κ1) is 23.6. The zero-order chi connectivity index (χ0) is 20.8. The first-order chi connectivity index (χ1) is 13.5. The summed E-state index contributed by atoms with van der Waals surface area (Å²) in [6.45, 7) is 5.31. The summed E-state index contributed by atoms with van der Waals surface area (Å²) in [5.41, 5.74) is 0. The minimum atomic E-state index is -0.0449. The quantitative estimate of drug-likeness (QED) is 0.329. The lowest BCUT2D eigenvalue weighted by atomic mass is 10.3. The highest BCUT2D eigenvalue weighted by molar-refractivity contribution is 5.84. The fourth-order valence-corrected chi connectivity index (χ4v) is 2.19. The van der Waals surface area contributed by atoms with Gasteiger partial charge in [0, 0.05) is 40.9 Å². The predicted octanol–water partition coefficient (Wildman–Crippen LogP) is 1.47. The Balaban J connectivity index is 2.54. The van der Waals surface area contributed by atoms with Gasteiger partial charge in [-0.2, -0.15) is 0 Å². The van der Waals surface area contributed by atoms with Crippen molar-refractivity contribution in [3.8, 4) is 11.5 Å². The van der Waals surface area contributed by atoms with Crippen molar-refractivity contribution in [2.45, 2.75) is 13.3 Å². The molecule has 1 N–H and O–H groups in total. The van der Waals surface area contributed by atoms with E-state index >= 15 is 0 Å². The van der Waals surface area contributed by atoms with Crippen LogP contribution in [0.2, 0.25) is 0 Å². The topological polar surface area (TPSA) is 75.6 Å². The molecule has 0 spiro atoms. The number of benzene rings is 1. The van der Waals surface area contributed by atoms with E-state index in [1.54, 1.807) is 21.2 Å². The molecule has 1 aromatic rings.